The van der Waals surface area contributed by atoms with Gasteiger partial charge in [0, 0.05) is 23.9 Å². The molecule has 0 fully saturated rings. The molecule has 0 saturated carbocycles. The van der Waals surface area contributed by atoms with E-state index in [1.54, 1.807) is 42.6 Å². The average Bonchev–Trinajstić information content (AvgIpc) is 3.04. The van der Waals surface area contributed by atoms with Gasteiger partial charge in [-0.25, -0.2) is 14.1 Å². The molecule has 3 aromatic rings. The highest BCUT2D eigenvalue weighted by Crippen LogP contribution is 2.14. The van der Waals surface area contributed by atoms with Gasteiger partial charge in [0.1, 0.15) is 11.6 Å². The maximum atomic E-state index is 13.8. The lowest BCUT2D eigenvalue weighted by molar-refractivity contribution is 0.102. The molecule has 0 atom stereocenters. The van der Waals surface area contributed by atoms with E-state index in [0.717, 1.165) is 0 Å². The lowest BCUT2D eigenvalue weighted by atomic mass is 10.2. The summed E-state index contributed by atoms with van der Waals surface area (Å²) in [5, 5.41) is 6.89. The Labute approximate surface area is 144 Å². The van der Waals surface area contributed by atoms with E-state index in [-0.39, 0.29) is 18.3 Å². The van der Waals surface area contributed by atoms with Gasteiger partial charge < -0.3 is 10.1 Å². The third-order valence-electron chi connectivity index (χ3n) is 3.53. The molecule has 2 aromatic heterocycles. The van der Waals surface area contributed by atoms with Gasteiger partial charge in [-0.1, -0.05) is 18.2 Å². The van der Waals surface area contributed by atoms with Gasteiger partial charge >= 0.3 is 0 Å². The van der Waals surface area contributed by atoms with Crippen molar-refractivity contribution in [3.8, 4) is 5.88 Å². The van der Waals surface area contributed by atoms with Crippen molar-refractivity contribution >= 4 is 11.7 Å². The first kappa shape index (κ1) is 16.6. The molecule has 2 heterocycles. The number of hydrogen-bond acceptors (Lipinski definition) is 4. The SMILES string of the molecule is CCOc1ccc(C(=O)Nc2ccnn2Cc2ccccc2F)cn1. The number of nitrogens with zero attached hydrogens (tertiary/aromatic N) is 3. The van der Waals surface area contributed by atoms with Crippen LogP contribution in [0.25, 0.3) is 0 Å². The van der Waals surface area contributed by atoms with Crippen LogP contribution < -0.4 is 10.1 Å². The molecule has 7 heteroatoms. The van der Waals surface area contributed by atoms with Crippen LogP contribution in [0.3, 0.4) is 0 Å². The number of hydrogen-bond donors (Lipinski definition) is 1. The predicted molar refractivity (Wildman–Crippen MR) is 91.1 cm³/mol. The molecular weight excluding hydrogens is 323 g/mol. The van der Waals surface area contributed by atoms with Crippen molar-refractivity contribution in [1.82, 2.24) is 14.8 Å². The maximum Gasteiger partial charge on any atom is 0.258 e. The second-order valence-electron chi connectivity index (χ2n) is 5.24. The first-order valence-electron chi connectivity index (χ1n) is 7.83. The summed E-state index contributed by atoms with van der Waals surface area (Å²) in [6.07, 6.45) is 2.99. The summed E-state index contributed by atoms with van der Waals surface area (Å²) in [5.41, 5.74) is 0.881. The van der Waals surface area contributed by atoms with Gasteiger partial charge in [0.2, 0.25) is 5.88 Å². The highest BCUT2D eigenvalue weighted by atomic mass is 19.1. The normalized spacial score (nSPS) is 10.5. The zero-order valence-electron chi connectivity index (χ0n) is 13.6. The summed E-state index contributed by atoms with van der Waals surface area (Å²) >= 11 is 0. The molecule has 1 amide bonds. The Morgan fingerprint density at radius 2 is 2.08 bits per heavy atom. The molecule has 6 nitrogen and oxygen atoms in total. The number of halogens is 1. The van der Waals surface area contributed by atoms with Crippen molar-refractivity contribution in [1.29, 1.82) is 0 Å². The number of nitrogens with one attached hydrogen (secondary N) is 1. The molecule has 0 aliphatic heterocycles. The van der Waals surface area contributed by atoms with Crippen LogP contribution in [0, 0.1) is 5.82 Å². The van der Waals surface area contributed by atoms with E-state index in [2.05, 4.69) is 15.4 Å². The zero-order valence-corrected chi connectivity index (χ0v) is 13.6. The molecule has 0 radical (unpaired) electrons. The molecule has 3 rings (SSSR count). The Balaban J connectivity index is 1.72. The largest absolute Gasteiger partial charge is 0.478 e. The van der Waals surface area contributed by atoms with Crippen molar-refractivity contribution in [3.05, 3.63) is 71.8 Å². The van der Waals surface area contributed by atoms with E-state index in [0.29, 0.717) is 29.4 Å². The van der Waals surface area contributed by atoms with E-state index >= 15 is 0 Å². The highest BCUT2D eigenvalue weighted by molar-refractivity contribution is 6.03. The summed E-state index contributed by atoms with van der Waals surface area (Å²) in [6.45, 7) is 2.59. The van der Waals surface area contributed by atoms with E-state index in [4.69, 9.17) is 4.74 Å². The Hall–Kier alpha value is -3.22. The van der Waals surface area contributed by atoms with Crippen molar-refractivity contribution in [3.63, 3.8) is 0 Å². The summed E-state index contributed by atoms with van der Waals surface area (Å²) in [4.78, 5) is 16.4. The lowest BCUT2D eigenvalue weighted by Crippen LogP contribution is -2.16. The van der Waals surface area contributed by atoms with Crippen LogP contribution in [0.2, 0.25) is 0 Å². The third kappa shape index (κ3) is 4.00. The van der Waals surface area contributed by atoms with Gasteiger partial charge in [0.05, 0.1) is 24.9 Å². The van der Waals surface area contributed by atoms with Gasteiger partial charge in [-0.05, 0) is 19.1 Å². The molecule has 0 bridgehead atoms. The number of ether oxygens (including phenoxy) is 1. The van der Waals surface area contributed by atoms with Crippen molar-refractivity contribution in [2.45, 2.75) is 13.5 Å². The van der Waals surface area contributed by atoms with Crippen LogP contribution in [0.15, 0.2) is 54.9 Å². The Morgan fingerprint density at radius 1 is 1.24 bits per heavy atom. The lowest BCUT2D eigenvalue weighted by Gasteiger charge is -2.10. The topological polar surface area (TPSA) is 69.0 Å². The number of amides is 1. The molecule has 1 aromatic carbocycles. The fraction of sp³-hybridized carbons (Fsp3) is 0.167. The summed E-state index contributed by atoms with van der Waals surface area (Å²) in [5.74, 6) is 0.294. The fourth-order valence-corrected chi connectivity index (χ4v) is 2.29. The first-order valence-corrected chi connectivity index (χ1v) is 7.83. The molecule has 0 spiro atoms. The van der Waals surface area contributed by atoms with Gasteiger partial charge in [0.25, 0.3) is 5.91 Å². The Kier molecular flexibility index (Phi) is 5.03. The summed E-state index contributed by atoms with van der Waals surface area (Å²) in [6, 6.07) is 11.4. The molecule has 0 aliphatic carbocycles. The van der Waals surface area contributed by atoms with Crippen molar-refractivity contribution < 1.29 is 13.9 Å². The minimum absolute atomic E-state index is 0.219. The van der Waals surface area contributed by atoms with E-state index in [1.165, 1.54) is 16.9 Å². The van der Waals surface area contributed by atoms with Crippen LogP contribution in [-0.2, 0) is 6.54 Å². The highest BCUT2D eigenvalue weighted by Gasteiger charge is 2.12. The number of benzene rings is 1. The van der Waals surface area contributed by atoms with E-state index in [1.807, 2.05) is 6.92 Å². The number of aromatic nitrogens is 3. The molecule has 0 unspecified atom stereocenters. The first-order chi connectivity index (χ1) is 12.2. The van der Waals surface area contributed by atoms with Crippen molar-refractivity contribution in [2.24, 2.45) is 0 Å². The quantitative estimate of drug-likeness (QED) is 0.748. The third-order valence-corrected chi connectivity index (χ3v) is 3.53. The predicted octanol–water partition coefficient (Wildman–Crippen LogP) is 3.12. The minimum Gasteiger partial charge on any atom is -0.478 e. The number of carbonyl (C=O) groups excluding carboxylic acids is 1. The molecule has 0 aliphatic rings. The fourth-order valence-electron chi connectivity index (χ4n) is 2.29. The standard InChI is InChI=1S/C18H17FN4O2/c1-2-25-17-8-7-13(11-20-17)18(24)22-16-9-10-21-23(16)12-14-5-3-4-6-15(14)19/h3-11H,2,12H2,1H3,(H,22,24). The van der Waals surface area contributed by atoms with Gasteiger partial charge in [0.15, 0.2) is 0 Å². The molecule has 1 N–H and O–H groups in total. The zero-order chi connectivity index (χ0) is 17.6. The van der Waals surface area contributed by atoms with E-state index < -0.39 is 0 Å². The van der Waals surface area contributed by atoms with Crippen molar-refractivity contribution in [2.75, 3.05) is 11.9 Å². The number of pyridine rings is 1. The van der Waals surface area contributed by atoms with E-state index in [9.17, 15) is 9.18 Å². The molecular formula is C18H17FN4O2. The second-order valence-corrected chi connectivity index (χ2v) is 5.24. The minimum atomic E-state index is -0.328. The van der Waals surface area contributed by atoms with Crippen LogP contribution in [0.5, 0.6) is 5.88 Å². The Bertz CT molecular complexity index is 862. The van der Waals surface area contributed by atoms with Gasteiger partial charge in [-0.2, -0.15) is 5.10 Å². The van der Waals surface area contributed by atoms with Crippen LogP contribution in [0.4, 0.5) is 10.2 Å². The molecule has 128 valence electrons. The number of rotatable bonds is 6. The van der Waals surface area contributed by atoms with Crippen LogP contribution in [-0.4, -0.2) is 27.3 Å². The number of carbonyl (C=O) groups is 1. The van der Waals surface area contributed by atoms with Gasteiger partial charge in [-0.3, -0.25) is 4.79 Å². The van der Waals surface area contributed by atoms with Crippen LogP contribution in [0.1, 0.15) is 22.8 Å². The number of anilines is 1. The average molecular weight is 340 g/mol. The Morgan fingerprint density at radius 3 is 2.80 bits per heavy atom. The van der Waals surface area contributed by atoms with Crippen LogP contribution >= 0.6 is 0 Å². The summed E-state index contributed by atoms with van der Waals surface area (Å²) in [7, 11) is 0. The monoisotopic (exact) mass is 340 g/mol. The van der Waals surface area contributed by atoms with Gasteiger partial charge in [-0.15, -0.1) is 0 Å². The second kappa shape index (κ2) is 7.57. The molecule has 0 saturated heterocycles. The smallest absolute Gasteiger partial charge is 0.258 e. The molecule has 25 heavy (non-hydrogen) atoms. The maximum absolute atomic E-state index is 13.8. The summed E-state index contributed by atoms with van der Waals surface area (Å²) < 4.78 is 20.6.